The highest BCUT2D eigenvalue weighted by atomic mass is 16.5. The molecule has 0 bridgehead atoms. The summed E-state index contributed by atoms with van der Waals surface area (Å²) in [4.78, 5) is 2.65. The molecule has 0 aromatic rings. The normalized spacial score (nSPS) is 27.9. The van der Waals surface area contributed by atoms with Crippen molar-refractivity contribution in [2.45, 2.75) is 52.1 Å². The summed E-state index contributed by atoms with van der Waals surface area (Å²) in [5.74, 6) is 0.738. The Bertz CT molecular complexity index is 239. The van der Waals surface area contributed by atoms with Crippen LogP contribution in [-0.4, -0.2) is 63.5 Å². The molecule has 4 nitrogen and oxygen atoms in total. The van der Waals surface area contributed by atoms with E-state index in [1.807, 2.05) is 0 Å². The first-order chi connectivity index (χ1) is 9.70. The molecule has 0 aliphatic carbocycles. The molecule has 0 aromatic heterocycles. The molecule has 1 aliphatic rings. The smallest absolute Gasteiger partial charge is 0.0700 e. The number of hydrogen-bond acceptors (Lipinski definition) is 4. The third kappa shape index (κ3) is 6.08. The summed E-state index contributed by atoms with van der Waals surface area (Å²) in [5, 5.41) is 3.62. The number of methoxy groups -OCH3 is 1. The van der Waals surface area contributed by atoms with Gasteiger partial charge in [-0.3, -0.25) is 0 Å². The van der Waals surface area contributed by atoms with Crippen LogP contribution in [0.15, 0.2) is 0 Å². The molecule has 3 unspecified atom stereocenters. The van der Waals surface area contributed by atoms with E-state index in [4.69, 9.17) is 9.47 Å². The summed E-state index contributed by atoms with van der Waals surface area (Å²) in [7, 11) is 1.71. The average molecular weight is 286 g/mol. The molecule has 0 aromatic carbocycles. The second-order valence-electron chi connectivity index (χ2n) is 5.90. The molecule has 1 rings (SSSR count). The largest absolute Gasteiger partial charge is 0.382 e. The molecule has 0 radical (unpaired) electrons. The van der Waals surface area contributed by atoms with Crippen LogP contribution >= 0.6 is 0 Å². The van der Waals surface area contributed by atoms with Gasteiger partial charge in [0.2, 0.25) is 0 Å². The first kappa shape index (κ1) is 17.9. The SMILES string of the molecule is CCNC1CCN(CCCCOCCOC)C(C)C1C. The van der Waals surface area contributed by atoms with Crippen LogP contribution in [0.25, 0.3) is 0 Å². The van der Waals surface area contributed by atoms with Gasteiger partial charge < -0.3 is 19.7 Å². The maximum Gasteiger partial charge on any atom is 0.0700 e. The van der Waals surface area contributed by atoms with Crippen molar-refractivity contribution in [2.75, 3.05) is 46.6 Å². The summed E-state index contributed by atoms with van der Waals surface area (Å²) < 4.78 is 10.5. The second-order valence-corrected chi connectivity index (χ2v) is 5.90. The van der Waals surface area contributed by atoms with Gasteiger partial charge in [-0.05, 0) is 51.7 Å². The summed E-state index contributed by atoms with van der Waals surface area (Å²) in [6, 6.07) is 1.38. The Morgan fingerprint density at radius 1 is 1.15 bits per heavy atom. The van der Waals surface area contributed by atoms with Crippen LogP contribution < -0.4 is 5.32 Å². The number of unbranched alkanes of at least 4 members (excludes halogenated alkanes) is 1. The number of nitrogens with zero attached hydrogens (tertiary/aromatic N) is 1. The van der Waals surface area contributed by atoms with Crippen LogP contribution in [0.3, 0.4) is 0 Å². The van der Waals surface area contributed by atoms with Gasteiger partial charge in [0.1, 0.15) is 0 Å². The highest BCUT2D eigenvalue weighted by Gasteiger charge is 2.31. The predicted molar refractivity (Wildman–Crippen MR) is 84.2 cm³/mol. The van der Waals surface area contributed by atoms with Gasteiger partial charge in [-0.15, -0.1) is 0 Å². The molecule has 0 amide bonds. The van der Waals surface area contributed by atoms with E-state index < -0.39 is 0 Å². The van der Waals surface area contributed by atoms with Crippen molar-refractivity contribution in [3.05, 3.63) is 0 Å². The maximum atomic E-state index is 5.51. The van der Waals surface area contributed by atoms with E-state index in [-0.39, 0.29) is 0 Å². The quantitative estimate of drug-likeness (QED) is 0.624. The van der Waals surface area contributed by atoms with Crippen molar-refractivity contribution in [1.29, 1.82) is 0 Å². The Hall–Kier alpha value is -0.160. The van der Waals surface area contributed by atoms with Gasteiger partial charge in [0.25, 0.3) is 0 Å². The average Bonchev–Trinajstić information content (AvgIpc) is 2.45. The number of nitrogens with one attached hydrogen (secondary N) is 1. The summed E-state index contributed by atoms with van der Waals surface area (Å²) in [6.45, 7) is 12.8. The fourth-order valence-electron chi connectivity index (χ4n) is 3.07. The lowest BCUT2D eigenvalue weighted by Gasteiger charge is -2.43. The number of piperidine rings is 1. The van der Waals surface area contributed by atoms with Gasteiger partial charge in [-0.25, -0.2) is 0 Å². The van der Waals surface area contributed by atoms with Crippen molar-refractivity contribution in [1.82, 2.24) is 10.2 Å². The van der Waals surface area contributed by atoms with E-state index in [9.17, 15) is 0 Å². The zero-order chi connectivity index (χ0) is 14.8. The van der Waals surface area contributed by atoms with Crippen LogP contribution in [0.4, 0.5) is 0 Å². The molecule has 1 N–H and O–H groups in total. The number of rotatable bonds is 10. The Balaban J connectivity index is 2.12. The standard InChI is InChI=1S/C16H34N2O2/c1-5-17-16-8-10-18(15(3)14(16)2)9-6-7-11-20-13-12-19-4/h14-17H,5-13H2,1-4H3. The van der Waals surface area contributed by atoms with Crippen LogP contribution in [0.2, 0.25) is 0 Å². The highest BCUT2D eigenvalue weighted by molar-refractivity contribution is 4.88. The van der Waals surface area contributed by atoms with Crippen molar-refractivity contribution in [3.63, 3.8) is 0 Å². The molecule has 1 heterocycles. The number of hydrogen-bond donors (Lipinski definition) is 1. The Morgan fingerprint density at radius 3 is 2.65 bits per heavy atom. The monoisotopic (exact) mass is 286 g/mol. The Labute approximate surface area is 125 Å². The first-order valence-electron chi connectivity index (χ1n) is 8.24. The van der Waals surface area contributed by atoms with E-state index in [0.29, 0.717) is 18.7 Å². The van der Waals surface area contributed by atoms with E-state index in [0.717, 1.165) is 32.1 Å². The molecule has 0 spiro atoms. The molecular weight excluding hydrogens is 252 g/mol. The molecular formula is C16H34N2O2. The van der Waals surface area contributed by atoms with Gasteiger partial charge in [0.15, 0.2) is 0 Å². The zero-order valence-corrected chi connectivity index (χ0v) is 13.9. The fourth-order valence-corrected chi connectivity index (χ4v) is 3.07. The topological polar surface area (TPSA) is 33.7 Å². The number of ether oxygens (including phenoxy) is 2. The minimum atomic E-state index is 0.683. The van der Waals surface area contributed by atoms with Crippen LogP contribution in [0.1, 0.15) is 40.0 Å². The van der Waals surface area contributed by atoms with Crippen molar-refractivity contribution in [3.8, 4) is 0 Å². The van der Waals surface area contributed by atoms with Crippen LogP contribution in [0, 0.1) is 5.92 Å². The van der Waals surface area contributed by atoms with Crippen LogP contribution in [-0.2, 0) is 9.47 Å². The Kier molecular flexibility index (Phi) is 9.44. The third-order valence-electron chi connectivity index (χ3n) is 4.58. The molecule has 20 heavy (non-hydrogen) atoms. The fraction of sp³-hybridized carbons (Fsp3) is 1.00. The van der Waals surface area contributed by atoms with E-state index in [2.05, 4.69) is 31.0 Å². The molecule has 1 fully saturated rings. The number of likely N-dealkylation sites (tertiary alicyclic amines) is 1. The highest BCUT2D eigenvalue weighted by Crippen LogP contribution is 2.23. The third-order valence-corrected chi connectivity index (χ3v) is 4.58. The van der Waals surface area contributed by atoms with Gasteiger partial charge in [-0.2, -0.15) is 0 Å². The van der Waals surface area contributed by atoms with Crippen molar-refractivity contribution < 1.29 is 9.47 Å². The lowest BCUT2D eigenvalue weighted by molar-refractivity contribution is 0.0603. The van der Waals surface area contributed by atoms with E-state index in [1.165, 1.54) is 25.9 Å². The van der Waals surface area contributed by atoms with Gasteiger partial charge >= 0.3 is 0 Å². The zero-order valence-electron chi connectivity index (χ0n) is 13.9. The first-order valence-corrected chi connectivity index (χ1v) is 8.24. The lowest BCUT2D eigenvalue weighted by atomic mass is 9.87. The Morgan fingerprint density at radius 2 is 1.95 bits per heavy atom. The van der Waals surface area contributed by atoms with Gasteiger partial charge in [0, 0.05) is 25.8 Å². The molecule has 4 heteroatoms. The van der Waals surface area contributed by atoms with E-state index in [1.54, 1.807) is 7.11 Å². The molecule has 1 aliphatic heterocycles. The lowest BCUT2D eigenvalue weighted by Crippen LogP contribution is -2.53. The van der Waals surface area contributed by atoms with Crippen molar-refractivity contribution >= 4 is 0 Å². The molecule has 120 valence electrons. The van der Waals surface area contributed by atoms with Crippen molar-refractivity contribution in [2.24, 2.45) is 5.92 Å². The second kappa shape index (κ2) is 10.6. The molecule has 1 saturated heterocycles. The molecule has 3 atom stereocenters. The van der Waals surface area contributed by atoms with Gasteiger partial charge in [0.05, 0.1) is 13.2 Å². The van der Waals surface area contributed by atoms with Crippen LogP contribution in [0.5, 0.6) is 0 Å². The summed E-state index contributed by atoms with van der Waals surface area (Å²) in [6.07, 6.45) is 3.66. The predicted octanol–water partition coefficient (Wildman–Crippen LogP) is 2.14. The minimum Gasteiger partial charge on any atom is -0.382 e. The summed E-state index contributed by atoms with van der Waals surface area (Å²) in [5.41, 5.74) is 0. The maximum absolute atomic E-state index is 5.51. The molecule has 0 saturated carbocycles. The minimum absolute atomic E-state index is 0.683. The summed E-state index contributed by atoms with van der Waals surface area (Å²) >= 11 is 0. The van der Waals surface area contributed by atoms with E-state index >= 15 is 0 Å². The van der Waals surface area contributed by atoms with Gasteiger partial charge in [-0.1, -0.05) is 13.8 Å².